The number of piperidine rings is 1. The summed E-state index contributed by atoms with van der Waals surface area (Å²) in [5, 5.41) is 3.98. The van der Waals surface area contributed by atoms with Crippen LogP contribution in [0.15, 0.2) is 54.6 Å². The van der Waals surface area contributed by atoms with Crippen LogP contribution in [-0.4, -0.2) is 53.0 Å². The summed E-state index contributed by atoms with van der Waals surface area (Å²) in [5.74, 6) is 0.0972. The van der Waals surface area contributed by atoms with Gasteiger partial charge >= 0.3 is 0 Å². The number of hydrogen-bond acceptors (Lipinski definition) is 4. The van der Waals surface area contributed by atoms with Crippen molar-refractivity contribution in [3.05, 3.63) is 77.0 Å². The number of fused-ring (bicyclic) bond motifs is 1. The molecule has 182 valence electrons. The summed E-state index contributed by atoms with van der Waals surface area (Å²) in [6.45, 7) is 5.88. The molecule has 1 spiro atoms. The molecule has 6 heteroatoms. The van der Waals surface area contributed by atoms with Crippen LogP contribution in [0.1, 0.15) is 52.9 Å². The molecule has 35 heavy (non-hydrogen) atoms. The average Bonchev–Trinajstić information content (AvgIpc) is 3.25. The molecule has 2 aromatic carbocycles. The van der Waals surface area contributed by atoms with Gasteiger partial charge in [0.2, 0.25) is 5.91 Å². The quantitative estimate of drug-likeness (QED) is 0.600. The SMILES string of the molecule is Cc1ccc2nc(C)cc(C(=O)NCC3CCC4(CCN(C(=O)Cc5ccccc5)CC4)O3)c2c1. The van der Waals surface area contributed by atoms with Gasteiger partial charge in [0.1, 0.15) is 0 Å². The van der Waals surface area contributed by atoms with Crippen molar-refractivity contribution in [1.82, 2.24) is 15.2 Å². The van der Waals surface area contributed by atoms with Crippen LogP contribution in [0.3, 0.4) is 0 Å². The van der Waals surface area contributed by atoms with Gasteiger partial charge in [-0.2, -0.15) is 0 Å². The third-order valence-electron chi connectivity index (χ3n) is 7.39. The Labute approximate surface area is 206 Å². The molecule has 2 fully saturated rings. The lowest BCUT2D eigenvalue weighted by atomic mass is 9.88. The van der Waals surface area contributed by atoms with Crippen LogP contribution in [0.5, 0.6) is 0 Å². The second-order valence-electron chi connectivity index (χ2n) is 10.0. The molecule has 0 aliphatic carbocycles. The third kappa shape index (κ3) is 5.22. The summed E-state index contributed by atoms with van der Waals surface area (Å²) in [6.07, 6.45) is 4.06. The van der Waals surface area contributed by atoms with Crippen molar-refractivity contribution in [3.8, 4) is 0 Å². The smallest absolute Gasteiger partial charge is 0.252 e. The number of nitrogens with one attached hydrogen (secondary N) is 1. The van der Waals surface area contributed by atoms with Crippen molar-refractivity contribution >= 4 is 22.7 Å². The first-order valence-corrected chi connectivity index (χ1v) is 12.6. The second-order valence-corrected chi connectivity index (χ2v) is 10.0. The van der Waals surface area contributed by atoms with Gasteiger partial charge in [0.25, 0.3) is 5.91 Å². The van der Waals surface area contributed by atoms with Gasteiger partial charge in [-0.25, -0.2) is 0 Å². The number of amides is 2. The molecule has 1 atom stereocenters. The Bertz CT molecular complexity index is 1230. The van der Waals surface area contributed by atoms with E-state index in [0.29, 0.717) is 18.5 Å². The molecule has 1 unspecified atom stereocenters. The molecule has 2 aliphatic rings. The van der Waals surface area contributed by atoms with Gasteiger partial charge in [0, 0.05) is 30.7 Å². The molecule has 6 nitrogen and oxygen atoms in total. The van der Waals surface area contributed by atoms with Crippen LogP contribution in [-0.2, 0) is 16.0 Å². The molecule has 2 aliphatic heterocycles. The standard InChI is InChI=1S/C29H33N3O3/c1-20-8-9-26-24(16-20)25(17-21(2)31-26)28(34)30-19-23-10-11-29(35-23)12-14-32(15-13-29)27(33)18-22-6-4-3-5-7-22/h3-9,16-17,23H,10-15,18-19H2,1-2H3,(H,30,34). The Balaban J connectivity index is 1.15. The number of pyridine rings is 1. The van der Waals surface area contributed by atoms with Gasteiger partial charge in [-0.15, -0.1) is 0 Å². The minimum atomic E-state index is -0.171. The number of hydrogen-bond donors (Lipinski definition) is 1. The molecular formula is C29H33N3O3. The number of aryl methyl sites for hydroxylation is 2. The lowest BCUT2D eigenvalue weighted by Crippen LogP contribution is -2.47. The highest BCUT2D eigenvalue weighted by Crippen LogP contribution is 2.39. The van der Waals surface area contributed by atoms with Crippen LogP contribution >= 0.6 is 0 Å². The number of ether oxygens (including phenoxy) is 1. The first-order valence-electron chi connectivity index (χ1n) is 12.6. The number of aromatic nitrogens is 1. The predicted octanol–water partition coefficient (Wildman–Crippen LogP) is 4.36. The Kier molecular flexibility index (Phi) is 6.56. The number of carbonyl (C=O) groups excluding carboxylic acids is 2. The highest BCUT2D eigenvalue weighted by Gasteiger charge is 2.43. The fourth-order valence-electron chi connectivity index (χ4n) is 5.41. The van der Waals surface area contributed by atoms with E-state index >= 15 is 0 Å². The first kappa shape index (κ1) is 23.5. The van der Waals surface area contributed by atoms with Crippen molar-refractivity contribution in [2.75, 3.05) is 19.6 Å². The predicted molar refractivity (Wildman–Crippen MR) is 136 cm³/mol. The highest BCUT2D eigenvalue weighted by atomic mass is 16.5. The molecule has 3 heterocycles. The summed E-state index contributed by atoms with van der Waals surface area (Å²) in [4.78, 5) is 32.3. The summed E-state index contributed by atoms with van der Waals surface area (Å²) in [5.41, 5.74) is 4.32. The van der Waals surface area contributed by atoms with Crippen molar-refractivity contribution in [2.24, 2.45) is 0 Å². The largest absolute Gasteiger partial charge is 0.370 e. The van der Waals surface area contributed by atoms with Gasteiger partial charge in [0.15, 0.2) is 0 Å². The zero-order valence-corrected chi connectivity index (χ0v) is 20.5. The molecule has 3 aromatic rings. The molecule has 1 aromatic heterocycles. The van der Waals surface area contributed by atoms with Gasteiger partial charge in [-0.1, -0.05) is 42.0 Å². The van der Waals surface area contributed by atoms with E-state index in [1.54, 1.807) is 0 Å². The topological polar surface area (TPSA) is 71.5 Å². The lowest BCUT2D eigenvalue weighted by Gasteiger charge is -2.39. The Hall–Kier alpha value is -3.25. The van der Waals surface area contributed by atoms with Gasteiger partial charge < -0.3 is 15.0 Å². The normalized spacial score (nSPS) is 19.3. The van der Waals surface area contributed by atoms with Crippen LogP contribution in [0.4, 0.5) is 0 Å². The minimum Gasteiger partial charge on any atom is -0.370 e. The van der Waals surface area contributed by atoms with Crippen molar-refractivity contribution < 1.29 is 14.3 Å². The molecule has 5 rings (SSSR count). The molecule has 0 bridgehead atoms. The van der Waals surface area contributed by atoms with Crippen LogP contribution < -0.4 is 5.32 Å². The first-order chi connectivity index (χ1) is 16.9. The number of rotatable bonds is 5. The Morgan fingerprint density at radius 1 is 1.06 bits per heavy atom. The van der Waals surface area contributed by atoms with E-state index in [-0.39, 0.29) is 23.5 Å². The van der Waals surface area contributed by atoms with Gasteiger partial charge in [-0.05, 0) is 63.3 Å². The van der Waals surface area contributed by atoms with E-state index in [2.05, 4.69) is 10.3 Å². The highest BCUT2D eigenvalue weighted by molar-refractivity contribution is 6.06. The van der Waals surface area contributed by atoms with Crippen LogP contribution in [0.25, 0.3) is 10.9 Å². The van der Waals surface area contributed by atoms with Gasteiger partial charge in [0.05, 0.1) is 29.2 Å². The number of likely N-dealkylation sites (tertiary alicyclic amines) is 1. The zero-order chi connectivity index (χ0) is 24.4. The third-order valence-corrected chi connectivity index (χ3v) is 7.39. The summed E-state index contributed by atoms with van der Waals surface area (Å²) >= 11 is 0. The Morgan fingerprint density at radius 2 is 1.83 bits per heavy atom. The molecule has 0 radical (unpaired) electrons. The fraction of sp³-hybridized carbons (Fsp3) is 0.414. The van der Waals surface area contributed by atoms with Crippen molar-refractivity contribution in [1.29, 1.82) is 0 Å². The fourth-order valence-corrected chi connectivity index (χ4v) is 5.41. The number of benzene rings is 2. The zero-order valence-electron chi connectivity index (χ0n) is 20.5. The lowest BCUT2D eigenvalue weighted by molar-refractivity contribution is -0.136. The average molecular weight is 472 g/mol. The van der Waals surface area contributed by atoms with Crippen LogP contribution in [0.2, 0.25) is 0 Å². The molecular weight excluding hydrogens is 438 g/mol. The van der Waals surface area contributed by atoms with E-state index in [4.69, 9.17) is 4.74 Å². The van der Waals surface area contributed by atoms with E-state index in [9.17, 15) is 9.59 Å². The maximum absolute atomic E-state index is 13.1. The molecule has 0 saturated carbocycles. The van der Waals surface area contributed by atoms with E-state index in [1.165, 1.54) is 0 Å². The Morgan fingerprint density at radius 3 is 2.60 bits per heavy atom. The van der Waals surface area contributed by atoms with E-state index < -0.39 is 0 Å². The second kappa shape index (κ2) is 9.78. The van der Waals surface area contributed by atoms with Crippen LogP contribution in [0, 0.1) is 13.8 Å². The molecule has 1 N–H and O–H groups in total. The van der Waals surface area contributed by atoms with E-state index in [0.717, 1.165) is 66.5 Å². The van der Waals surface area contributed by atoms with Crippen molar-refractivity contribution in [2.45, 2.75) is 57.7 Å². The molecule has 2 amide bonds. The molecule has 2 saturated heterocycles. The maximum atomic E-state index is 13.1. The number of nitrogens with zero attached hydrogens (tertiary/aromatic N) is 2. The summed E-state index contributed by atoms with van der Waals surface area (Å²) in [6, 6.07) is 17.8. The van der Waals surface area contributed by atoms with E-state index in [1.807, 2.05) is 73.3 Å². The maximum Gasteiger partial charge on any atom is 0.252 e. The monoisotopic (exact) mass is 471 g/mol. The summed E-state index contributed by atoms with van der Waals surface area (Å²) < 4.78 is 6.49. The summed E-state index contributed by atoms with van der Waals surface area (Å²) in [7, 11) is 0. The minimum absolute atomic E-state index is 0.00135. The van der Waals surface area contributed by atoms with Gasteiger partial charge in [-0.3, -0.25) is 14.6 Å². The van der Waals surface area contributed by atoms with Crippen molar-refractivity contribution in [3.63, 3.8) is 0 Å². The number of carbonyl (C=O) groups is 2.